The second-order valence-electron chi connectivity index (χ2n) is 5.94. The number of rotatable bonds is 5. The van der Waals surface area contributed by atoms with Crippen molar-refractivity contribution in [2.24, 2.45) is 4.99 Å². The molecule has 0 bridgehead atoms. The van der Waals surface area contributed by atoms with Gasteiger partial charge in [-0.2, -0.15) is 0 Å². The Bertz CT molecular complexity index is 749. The molecule has 1 aliphatic rings. The first-order chi connectivity index (χ1) is 12.2. The summed E-state index contributed by atoms with van der Waals surface area (Å²) in [6.07, 6.45) is 0.471. The van der Waals surface area contributed by atoms with Crippen molar-refractivity contribution in [3.8, 4) is 0 Å². The van der Waals surface area contributed by atoms with Crippen LogP contribution in [0.25, 0.3) is 0 Å². The number of nitrogens with one attached hydrogen (secondary N) is 2. The third-order valence-corrected chi connectivity index (χ3v) is 5.02. The fraction of sp³-hybridized carbons (Fsp3) is 0.389. The number of carbonyl (C=O) groups is 1. The average molecular weight is 485 g/mol. The summed E-state index contributed by atoms with van der Waals surface area (Å²) in [7, 11) is 0. The van der Waals surface area contributed by atoms with Gasteiger partial charge in [0, 0.05) is 30.1 Å². The minimum Gasteiger partial charge on any atom is -0.357 e. The van der Waals surface area contributed by atoms with E-state index in [0.29, 0.717) is 19.5 Å². The molecule has 0 spiro atoms. The predicted octanol–water partition coefficient (Wildman–Crippen LogP) is 2.93. The Morgan fingerprint density at radius 3 is 2.81 bits per heavy atom. The van der Waals surface area contributed by atoms with Gasteiger partial charge in [0.1, 0.15) is 0 Å². The van der Waals surface area contributed by atoms with Gasteiger partial charge in [-0.1, -0.05) is 18.2 Å². The molecule has 2 heterocycles. The van der Waals surface area contributed by atoms with Gasteiger partial charge in [-0.3, -0.25) is 4.79 Å². The topological polar surface area (TPSA) is 69.6 Å². The van der Waals surface area contributed by atoms with Gasteiger partial charge in [-0.25, -0.2) is 9.98 Å². The molecule has 2 N–H and O–H groups in total. The number of anilines is 1. The molecule has 8 heteroatoms. The Kier molecular flexibility index (Phi) is 7.83. The minimum absolute atomic E-state index is 0. The van der Waals surface area contributed by atoms with E-state index in [0.717, 1.165) is 28.8 Å². The number of hydrogen-bond donors (Lipinski definition) is 2. The summed E-state index contributed by atoms with van der Waals surface area (Å²) in [5.41, 5.74) is 3.81. The number of nitrogens with zero attached hydrogens (tertiary/aromatic N) is 3. The fourth-order valence-electron chi connectivity index (χ4n) is 2.80. The molecule has 2 aromatic rings. The van der Waals surface area contributed by atoms with Crippen LogP contribution in [0.2, 0.25) is 0 Å². The van der Waals surface area contributed by atoms with E-state index in [1.165, 1.54) is 0 Å². The molecule has 1 aromatic carbocycles. The highest BCUT2D eigenvalue weighted by atomic mass is 127. The maximum atomic E-state index is 12.3. The fourth-order valence-corrected chi connectivity index (χ4v) is 3.50. The van der Waals surface area contributed by atoms with Crippen molar-refractivity contribution >= 4 is 52.9 Å². The van der Waals surface area contributed by atoms with Crippen molar-refractivity contribution < 1.29 is 4.79 Å². The smallest absolute Gasteiger partial charge is 0.229 e. The third kappa shape index (κ3) is 5.16. The van der Waals surface area contributed by atoms with E-state index in [2.05, 4.69) is 20.6 Å². The molecule has 0 aliphatic carbocycles. The molecule has 1 saturated heterocycles. The lowest BCUT2D eigenvalue weighted by molar-refractivity contribution is -0.117. The van der Waals surface area contributed by atoms with Gasteiger partial charge in [0.05, 0.1) is 23.8 Å². The van der Waals surface area contributed by atoms with Crippen molar-refractivity contribution in [2.45, 2.75) is 32.9 Å². The van der Waals surface area contributed by atoms with E-state index in [4.69, 9.17) is 0 Å². The minimum atomic E-state index is 0. The van der Waals surface area contributed by atoms with Crippen LogP contribution < -0.4 is 15.5 Å². The third-order valence-electron chi connectivity index (χ3n) is 4.10. The number of aliphatic imine (C=N–C) groups is 1. The van der Waals surface area contributed by atoms with Crippen molar-refractivity contribution in [2.75, 3.05) is 18.0 Å². The van der Waals surface area contributed by atoms with Crippen LogP contribution in [0.15, 0.2) is 40.8 Å². The molecule has 1 amide bonds. The number of aromatic nitrogens is 1. The summed E-state index contributed by atoms with van der Waals surface area (Å²) in [4.78, 5) is 24.2. The Morgan fingerprint density at radius 1 is 1.38 bits per heavy atom. The molecular formula is C18H24IN5OS. The number of guanidine groups is 1. The lowest BCUT2D eigenvalue weighted by Crippen LogP contribution is -2.44. The zero-order chi connectivity index (χ0) is 17.6. The first-order valence-electron chi connectivity index (χ1n) is 8.46. The number of para-hydroxylation sites is 1. The summed E-state index contributed by atoms with van der Waals surface area (Å²) in [5.74, 6) is 0.876. The molecule has 0 radical (unpaired) electrons. The number of hydrogen-bond acceptors (Lipinski definition) is 4. The highest BCUT2D eigenvalue weighted by molar-refractivity contribution is 14.0. The Morgan fingerprint density at radius 2 is 2.15 bits per heavy atom. The van der Waals surface area contributed by atoms with E-state index in [1.54, 1.807) is 11.3 Å². The van der Waals surface area contributed by atoms with Gasteiger partial charge >= 0.3 is 0 Å². The lowest BCUT2D eigenvalue weighted by Gasteiger charge is -2.19. The molecule has 6 nitrogen and oxygen atoms in total. The van der Waals surface area contributed by atoms with Crippen molar-refractivity contribution in [1.82, 2.24) is 15.6 Å². The highest BCUT2D eigenvalue weighted by Gasteiger charge is 2.31. The summed E-state index contributed by atoms with van der Waals surface area (Å²) in [6.45, 7) is 6.04. The van der Waals surface area contributed by atoms with Gasteiger partial charge in [0.2, 0.25) is 5.91 Å². The number of halogens is 1. The standard InChI is InChI=1S/C18H23N5OS.HI/c1-3-19-18(20-10-16-13(2)21-12-25-16)22-14-9-17(24)23(11-14)15-7-5-4-6-8-15;/h4-8,12,14H,3,9-11H2,1-2H3,(H2,19,20,22);1H. The van der Waals surface area contributed by atoms with Gasteiger partial charge in [0.25, 0.3) is 0 Å². The van der Waals surface area contributed by atoms with E-state index < -0.39 is 0 Å². The van der Waals surface area contributed by atoms with Crippen LogP contribution in [0, 0.1) is 6.92 Å². The summed E-state index contributed by atoms with van der Waals surface area (Å²) in [5, 5.41) is 6.64. The Hall–Kier alpha value is -1.68. The van der Waals surface area contributed by atoms with E-state index in [1.807, 2.05) is 54.6 Å². The SMILES string of the molecule is CCNC(=NCc1scnc1C)NC1CC(=O)N(c2ccccc2)C1.I. The van der Waals surface area contributed by atoms with Gasteiger partial charge in [-0.15, -0.1) is 35.3 Å². The molecule has 26 heavy (non-hydrogen) atoms. The number of carbonyl (C=O) groups excluding carboxylic acids is 1. The number of amides is 1. The molecule has 1 unspecified atom stereocenters. The molecule has 1 atom stereocenters. The number of aryl methyl sites for hydroxylation is 1. The number of thiazole rings is 1. The molecule has 3 rings (SSSR count). The van der Waals surface area contributed by atoms with Crippen LogP contribution in [0.5, 0.6) is 0 Å². The Balaban J connectivity index is 0.00000243. The molecular weight excluding hydrogens is 461 g/mol. The van der Waals surface area contributed by atoms with E-state index >= 15 is 0 Å². The zero-order valence-electron chi connectivity index (χ0n) is 14.9. The van der Waals surface area contributed by atoms with Crippen molar-refractivity contribution in [1.29, 1.82) is 0 Å². The van der Waals surface area contributed by atoms with Crippen LogP contribution in [0.4, 0.5) is 5.69 Å². The number of benzene rings is 1. The molecule has 1 aromatic heterocycles. The summed E-state index contributed by atoms with van der Waals surface area (Å²) >= 11 is 1.61. The monoisotopic (exact) mass is 485 g/mol. The van der Waals surface area contributed by atoms with Gasteiger partial charge < -0.3 is 15.5 Å². The maximum Gasteiger partial charge on any atom is 0.229 e. The second-order valence-corrected chi connectivity index (χ2v) is 6.88. The molecule has 140 valence electrons. The molecule has 1 fully saturated rings. The van der Waals surface area contributed by atoms with E-state index in [-0.39, 0.29) is 35.9 Å². The van der Waals surface area contributed by atoms with Crippen molar-refractivity contribution in [3.05, 3.63) is 46.4 Å². The summed E-state index contributed by atoms with van der Waals surface area (Å²) in [6, 6.07) is 9.83. The van der Waals surface area contributed by atoms with Crippen LogP contribution in [0.1, 0.15) is 23.9 Å². The first kappa shape index (κ1) is 20.6. The van der Waals surface area contributed by atoms with Crippen LogP contribution in [-0.4, -0.2) is 36.0 Å². The quantitative estimate of drug-likeness (QED) is 0.388. The predicted molar refractivity (Wildman–Crippen MR) is 117 cm³/mol. The average Bonchev–Trinajstić information content (AvgIpc) is 3.19. The van der Waals surface area contributed by atoms with Crippen LogP contribution in [0.3, 0.4) is 0 Å². The normalized spacial score (nSPS) is 17.2. The van der Waals surface area contributed by atoms with E-state index in [9.17, 15) is 4.79 Å². The van der Waals surface area contributed by atoms with Crippen LogP contribution >= 0.6 is 35.3 Å². The Labute approximate surface area is 175 Å². The first-order valence-corrected chi connectivity index (χ1v) is 9.34. The largest absolute Gasteiger partial charge is 0.357 e. The molecule has 1 aliphatic heterocycles. The highest BCUT2D eigenvalue weighted by Crippen LogP contribution is 2.21. The molecule has 0 saturated carbocycles. The summed E-state index contributed by atoms with van der Waals surface area (Å²) < 4.78 is 0. The van der Waals surface area contributed by atoms with Crippen LogP contribution in [-0.2, 0) is 11.3 Å². The lowest BCUT2D eigenvalue weighted by atomic mass is 10.2. The zero-order valence-corrected chi connectivity index (χ0v) is 18.1. The second kappa shape index (κ2) is 9.86. The van der Waals surface area contributed by atoms with Crippen molar-refractivity contribution in [3.63, 3.8) is 0 Å². The van der Waals surface area contributed by atoms with Gasteiger partial charge in [0.15, 0.2) is 5.96 Å². The van der Waals surface area contributed by atoms with Gasteiger partial charge in [-0.05, 0) is 26.0 Å². The maximum absolute atomic E-state index is 12.3.